The zero-order chi connectivity index (χ0) is 30.7. The molecule has 4 N–H and O–H groups in total. The van der Waals surface area contributed by atoms with Gasteiger partial charge >= 0.3 is 13.5 Å². The molecule has 0 spiro atoms. The van der Waals surface area contributed by atoms with Gasteiger partial charge in [-0.15, -0.1) is 0 Å². The lowest BCUT2D eigenvalue weighted by molar-refractivity contribution is -0.0447. The normalized spacial score (nSPS) is 30.6. The van der Waals surface area contributed by atoms with E-state index in [-0.39, 0.29) is 48.9 Å². The van der Waals surface area contributed by atoms with Gasteiger partial charge in [0.05, 0.1) is 31.2 Å². The van der Waals surface area contributed by atoms with E-state index >= 15 is 0 Å². The van der Waals surface area contributed by atoms with Crippen LogP contribution in [-0.4, -0.2) is 70.3 Å². The number of amides is 1. The molecule has 0 saturated carbocycles. The number of aromatic amines is 1. The van der Waals surface area contributed by atoms with Gasteiger partial charge in [0.15, 0.2) is 23.0 Å². The molecule has 2 aliphatic heterocycles. The Bertz CT molecular complexity index is 1900. The summed E-state index contributed by atoms with van der Waals surface area (Å²) in [6.45, 7) is -5.03. The molecule has 17 nitrogen and oxygen atoms in total. The molecule has 1 amide bonds. The molecular weight excluding hydrogens is 646 g/mol. The maximum atomic E-state index is 13.6. The summed E-state index contributed by atoms with van der Waals surface area (Å²) in [5, 5.41) is 0. The number of rotatable bonds is 2. The lowest BCUT2D eigenvalue weighted by Crippen LogP contribution is -2.28. The maximum absolute atomic E-state index is 13.6. The van der Waals surface area contributed by atoms with Crippen molar-refractivity contribution in [2.75, 3.05) is 13.2 Å². The summed E-state index contributed by atoms with van der Waals surface area (Å²) >= 11 is 9.45. The number of H-pyrrole nitrogens is 1. The molecule has 2 bridgehead atoms. The van der Waals surface area contributed by atoms with Crippen LogP contribution in [-0.2, 0) is 52.4 Å². The number of fused-ring (bicyclic) bond motifs is 6. The SMILES string of the molecule is Cc1nc2c(ncn2[C@@H]2O[C@@H]3COP(O)(=S)OCCn4c(nc5cc(C(N)=O)cnc54)COP(=O)(S)O[C@@H]2[C@@H]3C)c(=O)[nH]1. The minimum absolute atomic E-state index is 0.0685. The molecule has 0 aliphatic carbocycles. The fourth-order valence-electron chi connectivity index (χ4n) is 4.95. The largest absolute Gasteiger partial charge is 0.386 e. The summed E-state index contributed by atoms with van der Waals surface area (Å²) in [6.07, 6.45) is -0.0447. The average molecular weight is 673 g/mol. The number of nitrogens with two attached hydrogens (primary N) is 1. The van der Waals surface area contributed by atoms with Crippen LogP contribution in [0.5, 0.6) is 0 Å². The summed E-state index contributed by atoms with van der Waals surface area (Å²) < 4.78 is 45.8. The van der Waals surface area contributed by atoms with E-state index in [9.17, 15) is 19.0 Å². The monoisotopic (exact) mass is 672 g/mol. The molecule has 21 heteroatoms. The molecule has 4 aromatic heterocycles. The van der Waals surface area contributed by atoms with Gasteiger partial charge in [0.25, 0.3) is 5.56 Å². The summed E-state index contributed by atoms with van der Waals surface area (Å²) in [6, 6.07) is 1.46. The Kier molecular flexibility index (Phi) is 8.08. The van der Waals surface area contributed by atoms with E-state index in [1.54, 1.807) is 18.4 Å². The summed E-state index contributed by atoms with van der Waals surface area (Å²) in [4.78, 5) is 54.8. The summed E-state index contributed by atoms with van der Waals surface area (Å²) in [5.41, 5.74) is 6.03. The highest BCUT2D eigenvalue weighted by molar-refractivity contribution is 8.44. The average Bonchev–Trinajstić information content (AvgIpc) is 3.59. The zero-order valence-electron chi connectivity index (χ0n) is 22.6. The molecular formula is C22H26N8O9P2S2. The van der Waals surface area contributed by atoms with E-state index in [1.807, 2.05) is 0 Å². The maximum Gasteiger partial charge on any atom is 0.386 e. The smallest absolute Gasteiger partial charge is 0.366 e. The van der Waals surface area contributed by atoms with Crippen LogP contribution in [0, 0.1) is 12.8 Å². The second kappa shape index (κ2) is 11.4. The highest BCUT2D eigenvalue weighted by Crippen LogP contribution is 2.58. The number of carbonyl (C=O) groups excluding carboxylic acids is 1. The van der Waals surface area contributed by atoms with Gasteiger partial charge in [0, 0.05) is 18.7 Å². The molecule has 230 valence electrons. The molecule has 6 atom stereocenters. The molecule has 43 heavy (non-hydrogen) atoms. The lowest BCUT2D eigenvalue weighted by Gasteiger charge is -2.25. The Morgan fingerprint density at radius 1 is 1.26 bits per heavy atom. The van der Waals surface area contributed by atoms with Crippen LogP contribution in [0.1, 0.15) is 35.2 Å². The first-order valence-corrected chi connectivity index (χ1v) is 18.1. The Morgan fingerprint density at radius 2 is 2.05 bits per heavy atom. The van der Waals surface area contributed by atoms with Gasteiger partial charge in [-0.1, -0.05) is 19.2 Å². The third-order valence-corrected chi connectivity index (χ3v) is 10.3. The molecule has 6 heterocycles. The van der Waals surface area contributed by atoms with E-state index in [0.717, 1.165) is 0 Å². The quantitative estimate of drug-likeness (QED) is 0.176. The number of carbonyl (C=O) groups is 1. The van der Waals surface area contributed by atoms with E-state index < -0.39 is 49.3 Å². The molecule has 1 saturated heterocycles. The number of ether oxygens (including phenoxy) is 1. The first-order chi connectivity index (χ1) is 20.3. The lowest BCUT2D eigenvalue weighted by atomic mass is 10.0. The van der Waals surface area contributed by atoms with Crippen molar-refractivity contribution in [1.82, 2.24) is 34.1 Å². The van der Waals surface area contributed by atoms with Gasteiger partial charge in [0.1, 0.15) is 29.9 Å². The van der Waals surface area contributed by atoms with Gasteiger partial charge in [-0.3, -0.25) is 23.2 Å². The molecule has 0 radical (unpaired) electrons. The van der Waals surface area contributed by atoms with Crippen LogP contribution in [0.2, 0.25) is 0 Å². The van der Waals surface area contributed by atoms with Crippen molar-refractivity contribution in [2.24, 2.45) is 11.7 Å². The van der Waals surface area contributed by atoms with Crippen LogP contribution in [0.4, 0.5) is 0 Å². The highest BCUT2D eigenvalue weighted by Gasteiger charge is 2.48. The van der Waals surface area contributed by atoms with Crippen LogP contribution < -0.4 is 11.3 Å². The van der Waals surface area contributed by atoms with Gasteiger partial charge < -0.3 is 34.0 Å². The predicted molar refractivity (Wildman–Crippen MR) is 157 cm³/mol. The van der Waals surface area contributed by atoms with Gasteiger partial charge in [-0.05, 0) is 24.8 Å². The molecule has 4 aromatic rings. The van der Waals surface area contributed by atoms with Crippen LogP contribution in [0.3, 0.4) is 0 Å². The Labute approximate surface area is 253 Å². The van der Waals surface area contributed by atoms with Crippen LogP contribution in [0.25, 0.3) is 22.3 Å². The van der Waals surface area contributed by atoms with Gasteiger partial charge in [-0.2, -0.15) is 0 Å². The van der Waals surface area contributed by atoms with Crippen molar-refractivity contribution in [3.05, 3.63) is 46.2 Å². The molecule has 0 aromatic carbocycles. The molecule has 2 aliphatic rings. The number of imidazole rings is 2. The third kappa shape index (κ3) is 6.07. The number of pyridine rings is 1. The first kappa shape index (κ1) is 30.5. The molecule has 6 rings (SSSR count). The number of aryl methyl sites for hydroxylation is 1. The first-order valence-electron chi connectivity index (χ1n) is 12.8. The number of primary amides is 1. The summed E-state index contributed by atoms with van der Waals surface area (Å²) in [5.74, 6) is -0.612. The van der Waals surface area contributed by atoms with Gasteiger partial charge in [-0.25, -0.2) is 24.5 Å². The zero-order valence-corrected chi connectivity index (χ0v) is 26.1. The van der Waals surface area contributed by atoms with Gasteiger partial charge in [0.2, 0.25) is 5.91 Å². The van der Waals surface area contributed by atoms with E-state index in [0.29, 0.717) is 17.0 Å². The highest BCUT2D eigenvalue weighted by atomic mass is 32.7. The number of aromatic nitrogens is 7. The fourth-order valence-corrected chi connectivity index (χ4v) is 7.52. The van der Waals surface area contributed by atoms with Crippen LogP contribution >= 0.6 is 25.8 Å². The number of hydrogen-bond donors (Lipinski definition) is 4. The Hall–Kier alpha value is -2.57. The standard InChI is InChI=1S/C22H26N8O9P2S2/c1-10-14-7-36-40(33,42)35-4-3-29-15(28-13-5-12(18(23)31)6-24-19(13)29)8-37-41(34,43)39-17(10)22(38-14)30-9-25-16-20(30)26-11(2)27-21(16)32/h5-6,9-10,14,17,22H,3-4,7-8H2,1-2H3,(H2,23,31)(H,33,42)(H,34,43)(H,26,27,32)/t10-,14-,17-,22-,40?,41?/m1/s1. The Morgan fingerprint density at radius 3 is 2.81 bits per heavy atom. The predicted octanol–water partition coefficient (Wildman–Crippen LogP) is 1.71. The molecule has 1 fully saturated rings. The number of nitrogens with one attached hydrogen (secondary N) is 1. The van der Waals surface area contributed by atoms with Crippen molar-refractivity contribution >= 4 is 65.8 Å². The van der Waals surface area contributed by atoms with E-state index in [2.05, 4.69) is 37.2 Å². The van der Waals surface area contributed by atoms with Crippen molar-refractivity contribution in [3.63, 3.8) is 0 Å². The fraction of sp³-hybridized carbons (Fsp3) is 0.455. The number of thiol groups is 1. The minimum Gasteiger partial charge on any atom is -0.366 e. The van der Waals surface area contributed by atoms with Crippen molar-refractivity contribution in [2.45, 2.75) is 45.4 Å². The molecule has 2 unspecified atom stereocenters. The second-order valence-corrected chi connectivity index (χ2v) is 15.6. The van der Waals surface area contributed by atoms with E-state index in [4.69, 9.17) is 40.4 Å². The number of nitrogens with zero attached hydrogens (tertiary/aromatic N) is 6. The summed E-state index contributed by atoms with van der Waals surface area (Å²) in [7, 11) is 0. The van der Waals surface area contributed by atoms with Crippen molar-refractivity contribution < 1.29 is 37.1 Å². The third-order valence-electron chi connectivity index (χ3n) is 7.06. The van der Waals surface area contributed by atoms with E-state index in [1.165, 1.54) is 23.2 Å². The Balaban J connectivity index is 1.38. The van der Waals surface area contributed by atoms with Crippen LogP contribution in [0.15, 0.2) is 23.4 Å². The topological polar surface area (TPSA) is 221 Å². The second-order valence-electron chi connectivity index (χ2n) is 9.92. The number of hydrogen-bond acceptors (Lipinski definition) is 13. The van der Waals surface area contributed by atoms with Crippen molar-refractivity contribution in [3.8, 4) is 0 Å². The van der Waals surface area contributed by atoms with Crippen molar-refractivity contribution in [1.29, 1.82) is 0 Å². The minimum atomic E-state index is -4.12.